The van der Waals surface area contributed by atoms with E-state index in [-0.39, 0.29) is 18.0 Å². The lowest BCUT2D eigenvalue weighted by atomic mass is 10.0. The van der Waals surface area contributed by atoms with E-state index in [0.29, 0.717) is 5.65 Å². The molecule has 4 rings (SSSR count). The molecule has 0 saturated heterocycles. The van der Waals surface area contributed by atoms with Gasteiger partial charge in [0.1, 0.15) is 11.2 Å². The topological polar surface area (TPSA) is 95.8 Å². The van der Waals surface area contributed by atoms with E-state index in [2.05, 4.69) is 21.9 Å². The number of benzene rings is 1. The number of pyridine rings is 1. The molecule has 2 amide bonds. The molecule has 0 saturated carbocycles. The van der Waals surface area contributed by atoms with Gasteiger partial charge in [-0.25, -0.2) is 4.98 Å². The highest BCUT2D eigenvalue weighted by atomic mass is 16.2. The summed E-state index contributed by atoms with van der Waals surface area (Å²) in [6.07, 6.45) is 4.70. The van der Waals surface area contributed by atoms with Crippen LogP contribution in [0, 0.1) is 0 Å². The van der Waals surface area contributed by atoms with Crippen molar-refractivity contribution >= 4 is 23.1 Å². The average Bonchev–Trinajstić information content (AvgIpc) is 2.73. The maximum absolute atomic E-state index is 12.4. The SMILES string of the molecule is O=C(CN1CCCc2ccccc21)NNC(=O)c1cnc2ccccn2c1=O. The molecule has 1 aliphatic rings. The molecule has 1 aliphatic heterocycles. The van der Waals surface area contributed by atoms with Crippen LogP contribution in [0.1, 0.15) is 22.3 Å². The number of carbonyl (C=O) groups is 2. The molecule has 1 aromatic carbocycles. The molecule has 8 nitrogen and oxygen atoms in total. The van der Waals surface area contributed by atoms with Crippen molar-refractivity contribution in [3.8, 4) is 0 Å². The van der Waals surface area contributed by atoms with Crippen LogP contribution in [0.2, 0.25) is 0 Å². The van der Waals surface area contributed by atoms with Crippen molar-refractivity contribution in [3.63, 3.8) is 0 Å². The summed E-state index contributed by atoms with van der Waals surface area (Å²) in [5.74, 6) is -1.07. The van der Waals surface area contributed by atoms with Crippen molar-refractivity contribution in [2.75, 3.05) is 18.0 Å². The van der Waals surface area contributed by atoms with Crippen molar-refractivity contribution in [1.29, 1.82) is 0 Å². The van der Waals surface area contributed by atoms with Crippen LogP contribution in [0.4, 0.5) is 5.69 Å². The maximum atomic E-state index is 12.4. The predicted molar refractivity (Wildman–Crippen MR) is 104 cm³/mol. The molecule has 142 valence electrons. The average molecular weight is 377 g/mol. The van der Waals surface area contributed by atoms with E-state index in [4.69, 9.17) is 0 Å². The molecule has 8 heteroatoms. The molecule has 0 fully saturated rings. The van der Waals surface area contributed by atoms with Crippen molar-refractivity contribution in [1.82, 2.24) is 20.2 Å². The smallest absolute Gasteiger partial charge is 0.276 e. The van der Waals surface area contributed by atoms with Crippen LogP contribution in [0.5, 0.6) is 0 Å². The molecule has 2 N–H and O–H groups in total. The van der Waals surface area contributed by atoms with E-state index in [9.17, 15) is 14.4 Å². The summed E-state index contributed by atoms with van der Waals surface area (Å²) in [6.45, 7) is 0.889. The number of aryl methyl sites for hydroxylation is 1. The Labute approximate surface area is 160 Å². The summed E-state index contributed by atoms with van der Waals surface area (Å²) >= 11 is 0. The van der Waals surface area contributed by atoms with E-state index < -0.39 is 11.5 Å². The number of carbonyl (C=O) groups excluding carboxylic acids is 2. The third-order valence-corrected chi connectivity index (χ3v) is 4.71. The van der Waals surface area contributed by atoms with Gasteiger partial charge in [-0.2, -0.15) is 0 Å². The number of anilines is 1. The zero-order valence-corrected chi connectivity index (χ0v) is 15.1. The largest absolute Gasteiger partial charge is 0.362 e. The zero-order chi connectivity index (χ0) is 19.5. The van der Waals surface area contributed by atoms with Crippen LogP contribution in [0.15, 0.2) is 59.7 Å². The van der Waals surface area contributed by atoms with Gasteiger partial charge in [0.25, 0.3) is 17.4 Å². The minimum Gasteiger partial charge on any atom is -0.362 e. The molecule has 2 aromatic heterocycles. The summed E-state index contributed by atoms with van der Waals surface area (Å²) in [4.78, 5) is 43.1. The summed E-state index contributed by atoms with van der Waals surface area (Å²) in [5, 5.41) is 0. The van der Waals surface area contributed by atoms with Crippen LogP contribution < -0.4 is 21.3 Å². The van der Waals surface area contributed by atoms with Crippen LogP contribution in [0.25, 0.3) is 5.65 Å². The number of hydrogen-bond acceptors (Lipinski definition) is 5. The van der Waals surface area contributed by atoms with Crippen molar-refractivity contribution in [2.24, 2.45) is 0 Å². The number of nitrogens with zero attached hydrogens (tertiary/aromatic N) is 3. The Balaban J connectivity index is 1.41. The summed E-state index contributed by atoms with van der Waals surface area (Å²) < 4.78 is 1.28. The Morgan fingerprint density at radius 2 is 1.89 bits per heavy atom. The highest BCUT2D eigenvalue weighted by Crippen LogP contribution is 2.26. The third kappa shape index (κ3) is 3.44. The molecule has 0 unspecified atom stereocenters. The Morgan fingerprint density at radius 3 is 2.79 bits per heavy atom. The standard InChI is InChI=1S/C20H19N5O3/c26-18(13-24-10-5-7-14-6-1-2-8-16(14)24)22-23-19(27)15-12-21-17-9-3-4-11-25(17)20(15)28/h1-4,6,8-9,11-12H,5,7,10,13H2,(H,22,26)(H,23,27). The molecule has 28 heavy (non-hydrogen) atoms. The number of hydrazine groups is 1. The fraction of sp³-hybridized carbons (Fsp3) is 0.200. The molecule has 0 bridgehead atoms. The van der Waals surface area contributed by atoms with E-state index in [1.54, 1.807) is 18.2 Å². The monoisotopic (exact) mass is 377 g/mol. The van der Waals surface area contributed by atoms with E-state index >= 15 is 0 Å². The molecule has 0 radical (unpaired) electrons. The second-order valence-electron chi connectivity index (χ2n) is 6.56. The lowest BCUT2D eigenvalue weighted by Gasteiger charge is -2.30. The van der Waals surface area contributed by atoms with Gasteiger partial charge in [0.05, 0.1) is 6.54 Å². The first kappa shape index (κ1) is 17.7. The molecular weight excluding hydrogens is 358 g/mol. The highest BCUT2D eigenvalue weighted by molar-refractivity contribution is 5.95. The minimum atomic E-state index is -0.705. The van der Waals surface area contributed by atoms with Gasteiger partial charge in [-0.15, -0.1) is 0 Å². The molecule has 0 spiro atoms. The Hall–Kier alpha value is -3.68. The fourth-order valence-electron chi connectivity index (χ4n) is 3.36. The number of amides is 2. The van der Waals surface area contributed by atoms with Crippen LogP contribution in [-0.2, 0) is 11.2 Å². The maximum Gasteiger partial charge on any atom is 0.276 e. The van der Waals surface area contributed by atoms with Gasteiger partial charge in [-0.3, -0.25) is 29.6 Å². The Bertz CT molecular complexity index is 1110. The first-order valence-electron chi connectivity index (χ1n) is 9.02. The van der Waals surface area contributed by atoms with Crippen molar-refractivity contribution in [3.05, 3.63) is 76.3 Å². The lowest BCUT2D eigenvalue weighted by Crippen LogP contribution is -2.48. The zero-order valence-electron chi connectivity index (χ0n) is 15.1. The molecule has 3 heterocycles. The summed E-state index contributed by atoms with van der Waals surface area (Å²) in [6, 6.07) is 13.1. The highest BCUT2D eigenvalue weighted by Gasteiger charge is 2.19. The van der Waals surface area contributed by atoms with Gasteiger partial charge in [0, 0.05) is 24.6 Å². The molecular formula is C20H19N5O3. The second kappa shape index (κ2) is 7.51. The summed E-state index contributed by atoms with van der Waals surface area (Å²) in [7, 11) is 0. The normalized spacial score (nSPS) is 13.1. The van der Waals surface area contributed by atoms with Gasteiger partial charge >= 0.3 is 0 Å². The van der Waals surface area contributed by atoms with E-state index in [1.165, 1.54) is 22.4 Å². The van der Waals surface area contributed by atoms with Crippen LogP contribution in [-0.4, -0.2) is 34.3 Å². The number of nitrogens with one attached hydrogen (secondary N) is 2. The number of fused-ring (bicyclic) bond motifs is 2. The Morgan fingerprint density at radius 1 is 1.07 bits per heavy atom. The number of rotatable bonds is 3. The number of para-hydroxylation sites is 1. The van der Waals surface area contributed by atoms with E-state index in [0.717, 1.165) is 25.1 Å². The summed E-state index contributed by atoms with van der Waals surface area (Å²) in [5.41, 5.74) is 6.72. The quantitative estimate of drug-likeness (QED) is 0.662. The van der Waals surface area contributed by atoms with Gasteiger partial charge < -0.3 is 4.90 Å². The van der Waals surface area contributed by atoms with Crippen molar-refractivity contribution in [2.45, 2.75) is 12.8 Å². The Kier molecular flexibility index (Phi) is 4.76. The van der Waals surface area contributed by atoms with E-state index in [1.807, 2.05) is 23.1 Å². The van der Waals surface area contributed by atoms with Gasteiger partial charge in [-0.05, 0) is 36.6 Å². The fourth-order valence-corrected chi connectivity index (χ4v) is 3.36. The predicted octanol–water partition coefficient (Wildman–Crippen LogP) is 0.908. The minimum absolute atomic E-state index is 0.117. The number of aromatic nitrogens is 2. The molecule has 0 atom stereocenters. The first-order chi connectivity index (χ1) is 13.6. The molecule has 3 aromatic rings. The van der Waals surface area contributed by atoms with Crippen molar-refractivity contribution < 1.29 is 9.59 Å². The van der Waals surface area contributed by atoms with Crippen LogP contribution in [0.3, 0.4) is 0 Å². The number of hydrogen-bond donors (Lipinski definition) is 2. The third-order valence-electron chi connectivity index (χ3n) is 4.71. The first-order valence-corrected chi connectivity index (χ1v) is 9.02. The van der Waals surface area contributed by atoms with Gasteiger partial charge in [0.2, 0.25) is 0 Å². The van der Waals surface area contributed by atoms with Gasteiger partial charge in [-0.1, -0.05) is 24.3 Å². The second-order valence-corrected chi connectivity index (χ2v) is 6.56. The molecule has 0 aliphatic carbocycles. The lowest BCUT2D eigenvalue weighted by molar-refractivity contribution is -0.120. The van der Waals surface area contributed by atoms with Crippen LogP contribution >= 0.6 is 0 Å². The van der Waals surface area contributed by atoms with Gasteiger partial charge in [0.15, 0.2) is 0 Å².